The third-order valence-corrected chi connectivity index (χ3v) is 4.44. The normalized spacial score (nSPS) is 12.9. The molecule has 0 aliphatic rings. The average molecular weight is 413 g/mol. The van der Waals surface area contributed by atoms with Gasteiger partial charge in [0.2, 0.25) is 11.8 Å². The minimum absolute atomic E-state index is 0.111. The summed E-state index contributed by atoms with van der Waals surface area (Å²) in [5, 5.41) is 7.93. The van der Waals surface area contributed by atoms with Crippen LogP contribution in [0, 0.1) is 11.8 Å². The molecule has 0 saturated heterocycles. The monoisotopic (exact) mass is 412 g/mol. The number of aldehydes is 1. The van der Waals surface area contributed by atoms with Crippen LogP contribution in [-0.2, 0) is 19.2 Å². The van der Waals surface area contributed by atoms with Crippen molar-refractivity contribution >= 4 is 29.9 Å². The first-order chi connectivity index (χ1) is 13.6. The molecule has 0 bridgehead atoms. The van der Waals surface area contributed by atoms with Gasteiger partial charge in [-0.3, -0.25) is 14.4 Å². The summed E-state index contributed by atoms with van der Waals surface area (Å²) in [6.07, 6.45) is 3.48. The number of Topliss-reactive ketones (excluding diaryl/α,β-unsaturated/α-hetero) is 1. The van der Waals surface area contributed by atoms with E-state index in [0.717, 1.165) is 6.29 Å². The molecule has 0 aromatic carbocycles. The van der Waals surface area contributed by atoms with Crippen LogP contribution < -0.4 is 21.7 Å². The summed E-state index contributed by atoms with van der Waals surface area (Å²) in [5.41, 5.74) is 5.02. The molecule has 0 spiro atoms. The largest absolute Gasteiger partial charge is 0.352 e. The van der Waals surface area contributed by atoms with E-state index in [9.17, 15) is 24.0 Å². The zero-order valence-corrected chi connectivity index (χ0v) is 18.0. The number of hydrogen-bond acceptors (Lipinski definition) is 5. The second-order valence-electron chi connectivity index (χ2n) is 7.75. The van der Waals surface area contributed by atoms with Gasteiger partial charge in [-0.25, -0.2) is 4.79 Å². The van der Waals surface area contributed by atoms with E-state index in [1.807, 2.05) is 13.8 Å². The highest BCUT2D eigenvalue weighted by Gasteiger charge is 2.29. The molecule has 9 heteroatoms. The molecule has 0 aromatic rings. The van der Waals surface area contributed by atoms with Gasteiger partial charge >= 0.3 is 6.03 Å². The molecule has 0 aliphatic carbocycles. The summed E-state index contributed by atoms with van der Waals surface area (Å²) in [6, 6.07) is -2.11. The second-order valence-corrected chi connectivity index (χ2v) is 7.75. The van der Waals surface area contributed by atoms with E-state index in [1.54, 1.807) is 13.8 Å². The van der Waals surface area contributed by atoms with E-state index in [4.69, 9.17) is 5.73 Å². The molecule has 0 heterocycles. The Balaban J connectivity index is 4.90. The van der Waals surface area contributed by atoms with Crippen LogP contribution in [0.2, 0.25) is 0 Å². The van der Waals surface area contributed by atoms with E-state index in [1.165, 1.54) is 0 Å². The maximum absolute atomic E-state index is 12.8. The van der Waals surface area contributed by atoms with Crippen molar-refractivity contribution < 1.29 is 24.0 Å². The van der Waals surface area contributed by atoms with E-state index in [-0.39, 0.29) is 29.9 Å². The number of urea groups is 1. The Hall–Kier alpha value is -2.45. The van der Waals surface area contributed by atoms with Crippen LogP contribution in [0.15, 0.2) is 0 Å². The van der Waals surface area contributed by atoms with Crippen LogP contribution in [0.1, 0.15) is 66.2 Å². The molecular formula is C20H36N4O5. The third kappa shape index (κ3) is 11.9. The Bertz CT molecular complexity index is 563. The minimum atomic E-state index is -0.764. The van der Waals surface area contributed by atoms with Gasteiger partial charge in [-0.15, -0.1) is 0 Å². The van der Waals surface area contributed by atoms with Gasteiger partial charge in [0.15, 0.2) is 5.78 Å². The summed E-state index contributed by atoms with van der Waals surface area (Å²) in [5.74, 6) is -1.22. The summed E-state index contributed by atoms with van der Waals surface area (Å²) in [7, 11) is 0. The maximum Gasteiger partial charge on any atom is 0.312 e. The minimum Gasteiger partial charge on any atom is -0.352 e. The van der Waals surface area contributed by atoms with Gasteiger partial charge in [0.25, 0.3) is 0 Å². The maximum atomic E-state index is 12.8. The predicted octanol–water partition coefficient (Wildman–Crippen LogP) is 1.04. The van der Waals surface area contributed by atoms with Crippen molar-refractivity contribution in [2.24, 2.45) is 17.6 Å². The Morgan fingerprint density at radius 2 is 1.62 bits per heavy atom. The fourth-order valence-electron chi connectivity index (χ4n) is 2.76. The molecule has 0 rings (SSSR count). The van der Waals surface area contributed by atoms with Crippen molar-refractivity contribution in [3.05, 3.63) is 0 Å². The van der Waals surface area contributed by atoms with Crippen LogP contribution in [0.25, 0.3) is 0 Å². The summed E-state index contributed by atoms with van der Waals surface area (Å²) < 4.78 is 0. The molecular weight excluding hydrogens is 376 g/mol. The lowest BCUT2D eigenvalue weighted by Crippen LogP contribution is -2.54. The number of amides is 4. The quantitative estimate of drug-likeness (QED) is 0.234. The Morgan fingerprint density at radius 3 is 2.14 bits per heavy atom. The van der Waals surface area contributed by atoms with Gasteiger partial charge in [0.05, 0.1) is 6.04 Å². The lowest BCUT2D eigenvalue weighted by molar-refractivity contribution is -0.133. The molecule has 0 unspecified atom stereocenters. The number of ketones is 1. The topological polar surface area (TPSA) is 147 Å². The molecule has 166 valence electrons. The van der Waals surface area contributed by atoms with Crippen molar-refractivity contribution in [2.75, 3.05) is 6.54 Å². The van der Waals surface area contributed by atoms with Gasteiger partial charge in [-0.05, 0) is 31.6 Å². The van der Waals surface area contributed by atoms with Crippen molar-refractivity contribution in [3.8, 4) is 0 Å². The van der Waals surface area contributed by atoms with Crippen molar-refractivity contribution in [1.29, 1.82) is 0 Å². The molecule has 0 saturated carbocycles. The number of rotatable bonds is 15. The lowest BCUT2D eigenvalue weighted by Gasteiger charge is -2.26. The number of nitrogens with one attached hydrogen (secondary N) is 3. The third-order valence-electron chi connectivity index (χ3n) is 4.44. The Labute approximate surface area is 172 Å². The summed E-state index contributed by atoms with van der Waals surface area (Å²) in [6.45, 7) is 7.44. The van der Waals surface area contributed by atoms with Crippen LogP contribution in [0.3, 0.4) is 0 Å². The SMILES string of the molecule is CC(C)C(=O)[C@H](CCCNC(N)=O)NC(=O)[C@@H](NC(=O)CCCCC=O)C(C)C. The molecule has 0 radical (unpaired) electrons. The highest BCUT2D eigenvalue weighted by Crippen LogP contribution is 2.09. The van der Waals surface area contributed by atoms with Crippen LogP contribution in [0.5, 0.6) is 0 Å². The van der Waals surface area contributed by atoms with Crippen LogP contribution in [0.4, 0.5) is 4.79 Å². The molecule has 29 heavy (non-hydrogen) atoms. The first kappa shape index (κ1) is 26.6. The molecule has 5 N–H and O–H groups in total. The second kappa shape index (κ2) is 14.5. The van der Waals surface area contributed by atoms with Gasteiger partial charge < -0.3 is 26.5 Å². The molecule has 0 aromatic heterocycles. The highest BCUT2D eigenvalue weighted by molar-refractivity contribution is 5.93. The summed E-state index contributed by atoms with van der Waals surface area (Å²) in [4.78, 5) is 58.5. The predicted molar refractivity (Wildman–Crippen MR) is 110 cm³/mol. The Kier molecular flexibility index (Phi) is 13.3. The van der Waals surface area contributed by atoms with E-state index in [0.29, 0.717) is 38.6 Å². The van der Waals surface area contributed by atoms with Crippen molar-refractivity contribution in [2.45, 2.75) is 78.3 Å². The van der Waals surface area contributed by atoms with Gasteiger partial charge in [-0.1, -0.05) is 27.7 Å². The number of unbranched alkanes of at least 4 members (excludes halogenated alkanes) is 2. The van der Waals surface area contributed by atoms with Crippen molar-refractivity contribution in [3.63, 3.8) is 0 Å². The van der Waals surface area contributed by atoms with E-state index >= 15 is 0 Å². The fraction of sp³-hybridized carbons (Fsp3) is 0.750. The number of nitrogens with two attached hydrogens (primary N) is 1. The number of hydrogen-bond donors (Lipinski definition) is 4. The molecule has 2 atom stereocenters. The standard InChI is InChI=1S/C20H36N4O5/c1-13(2)17(24-16(26)10-6-5-7-12-25)19(28)23-15(18(27)14(3)4)9-8-11-22-20(21)29/h12-15,17H,5-11H2,1-4H3,(H,23,28)(H,24,26)(H3,21,22,29)/t15-,17-/m0/s1. The number of carbonyl (C=O) groups excluding carboxylic acids is 5. The van der Waals surface area contributed by atoms with Crippen LogP contribution in [-0.4, -0.2) is 48.5 Å². The highest BCUT2D eigenvalue weighted by atomic mass is 16.2. The Morgan fingerprint density at radius 1 is 0.966 bits per heavy atom. The molecule has 0 fully saturated rings. The lowest BCUT2D eigenvalue weighted by atomic mass is 9.96. The van der Waals surface area contributed by atoms with Gasteiger partial charge in [0.1, 0.15) is 12.3 Å². The number of primary amides is 1. The first-order valence-corrected chi connectivity index (χ1v) is 10.2. The molecule has 0 aliphatic heterocycles. The zero-order chi connectivity index (χ0) is 22.4. The average Bonchev–Trinajstić information content (AvgIpc) is 2.64. The first-order valence-electron chi connectivity index (χ1n) is 10.2. The van der Waals surface area contributed by atoms with Crippen LogP contribution >= 0.6 is 0 Å². The molecule has 9 nitrogen and oxygen atoms in total. The van der Waals surface area contributed by atoms with Crippen molar-refractivity contribution in [1.82, 2.24) is 16.0 Å². The molecule has 4 amide bonds. The van der Waals surface area contributed by atoms with Gasteiger partial charge in [-0.2, -0.15) is 0 Å². The zero-order valence-electron chi connectivity index (χ0n) is 18.0. The van der Waals surface area contributed by atoms with E-state index in [2.05, 4.69) is 16.0 Å². The smallest absolute Gasteiger partial charge is 0.312 e. The fourth-order valence-corrected chi connectivity index (χ4v) is 2.76. The van der Waals surface area contributed by atoms with E-state index < -0.39 is 24.0 Å². The number of carbonyl (C=O) groups is 5. The van der Waals surface area contributed by atoms with Gasteiger partial charge in [0, 0.05) is 25.3 Å². The summed E-state index contributed by atoms with van der Waals surface area (Å²) >= 11 is 0.